The highest BCUT2D eigenvalue weighted by Crippen LogP contribution is 2.46. The third-order valence-electron chi connectivity index (χ3n) is 5.89. The first-order valence-corrected chi connectivity index (χ1v) is 10.3. The number of nitrogens with zero attached hydrogens (tertiary/aromatic N) is 3. The van der Waals surface area contributed by atoms with Crippen molar-refractivity contribution in [1.82, 2.24) is 19.7 Å². The maximum Gasteiger partial charge on any atom is 0.309 e. The molecule has 4 aromatic rings. The van der Waals surface area contributed by atoms with Crippen molar-refractivity contribution in [2.45, 2.75) is 31.1 Å². The van der Waals surface area contributed by atoms with Gasteiger partial charge in [-0.15, -0.1) is 0 Å². The average molecular weight is 462 g/mol. The summed E-state index contributed by atoms with van der Waals surface area (Å²) in [4.78, 5) is 15.6. The average Bonchev–Trinajstić information content (AvgIpc) is 3.35. The molecule has 1 aliphatic rings. The molecule has 0 amide bonds. The minimum absolute atomic E-state index is 0.121. The molecule has 33 heavy (non-hydrogen) atoms. The molecule has 1 saturated heterocycles. The summed E-state index contributed by atoms with van der Waals surface area (Å²) in [5, 5.41) is 16.2. The molecule has 0 unspecified atom stereocenters. The molecule has 0 aliphatic carbocycles. The number of carbonyl (C=O) groups is 1. The van der Waals surface area contributed by atoms with Crippen molar-refractivity contribution < 1.29 is 32.2 Å². The van der Waals surface area contributed by atoms with E-state index >= 15 is 8.78 Å². The third kappa shape index (κ3) is 3.62. The number of halogens is 4. The maximum absolute atomic E-state index is 15.5. The fourth-order valence-electron chi connectivity index (χ4n) is 4.48. The standard InChI is InChI=1S/C22H18F4N4O3/c23-14-2-1-13(8-15(14)24)30-16-7-12-10-27-29-21(12)28-19(16)18(22(25,26)9-17(31)32)20(30)11-3-5-33-6-4-11/h1-2,7-8,10-11H,3-6,9H2,(H,31,32)(H,27,28,29). The van der Waals surface area contributed by atoms with Gasteiger partial charge in [0.25, 0.3) is 5.92 Å². The molecular formula is C22H18F4N4O3. The number of pyridine rings is 1. The smallest absolute Gasteiger partial charge is 0.309 e. The second-order valence-electron chi connectivity index (χ2n) is 8.02. The van der Waals surface area contributed by atoms with E-state index in [0.29, 0.717) is 31.4 Å². The Morgan fingerprint density at radius 3 is 2.67 bits per heavy atom. The molecule has 3 aromatic heterocycles. The molecule has 11 heteroatoms. The van der Waals surface area contributed by atoms with Crippen LogP contribution in [-0.4, -0.2) is 44.0 Å². The lowest BCUT2D eigenvalue weighted by Gasteiger charge is -2.27. The van der Waals surface area contributed by atoms with Crippen LogP contribution in [0.2, 0.25) is 0 Å². The fraction of sp³-hybridized carbons (Fsp3) is 0.318. The van der Waals surface area contributed by atoms with Crippen molar-refractivity contribution in [1.29, 1.82) is 0 Å². The summed E-state index contributed by atoms with van der Waals surface area (Å²) >= 11 is 0. The van der Waals surface area contributed by atoms with Gasteiger partial charge in [-0.3, -0.25) is 9.89 Å². The van der Waals surface area contributed by atoms with Gasteiger partial charge >= 0.3 is 5.97 Å². The zero-order valence-corrected chi connectivity index (χ0v) is 17.1. The van der Waals surface area contributed by atoms with Gasteiger partial charge in [-0.1, -0.05) is 0 Å². The number of ether oxygens (including phenoxy) is 1. The van der Waals surface area contributed by atoms with E-state index in [1.165, 1.54) is 16.8 Å². The number of aliphatic carboxylic acids is 1. The Morgan fingerprint density at radius 2 is 1.97 bits per heavy atom. The lowest BCUT2D eigenvalue weighted by atomic mass is 9.90. The van der Waals surface area contributed by atoms with E-state index in [1.54, 1.807) is 6.07 Å². The van der Waals surface area contributed by atoms with Crippen LogP contribution < -0.4 is 0 Å². The zero-order valence-electron chi connectivity index (χ0n) is 17.1. The van der Waals surface area contributed by atoms with Crippen molar-refractivity contribution in [3.8, 4) is 5.69 Å². The summed E-state index contributed by atoms with van der Waals surface area (Å²) in [6.07, 6.45) is 0.821. The molecule has 1 aromatic carbocycles. The quantitative estimate of drug-likeness (QED) is 0.422. The summed E-state index contributed by atoms with van der Waals surface area (Å²) < 4.78 is 65.7. The van der Waals surface area contributed by atoms with Crippen LogP contribution >= 0.6 is 0 Å². The number of carboxylic acids is 1. The number of aromatic amines is 1. The first-order chi connectivity index (χ1) is 15.8. The third-order valence-corrected chi connectivity index (χ3v) is 5.89. The van der Waals surface area contributed by atoms with Crippen molar-refractivity contribution in [2.24, 2.45) is 0 Å². The minimum Gasteiger partial charge on any atom is -0.481 e. The van der Waals surface area contributed by atoms with E-state index < -0.39 is 41.4 Å². The summed E-state index contributed by atoms with van der Waals surface area (Å²) in [6.45, 7) is 0.651. The summed E-state index contributed by atoms with van der Waals surface area (Å²) in [6, 6.07) is 4.71. The number of fused-ring (bicyclic) bond motifs is 2. The molecule has 5 rings (SSSR count). The highest BCUT2D eigenvalue weighted by atomic mass is 19.3. The Kier molecular flexibility index (Phi) is 5.08. The highest BCUT2D eigenvalue weighted by molar-refractivity contribution is 5.94. The second kappa shape index (κ2) is 7.84. The van der Waals surface area contributed by atoms with Crippen molar-refractivity contribution in [3.05, 3.63) is 53.4 Å². The number of nitrogens with one attached hydrogen (secondary N) is 1. The van der Waals surface area contributed by atoms with E-state index in [2.05, 4.69) is 15.2 Å². The summed E-state index contributed by atoms with van der Waals surface area (Å²) in [7, 11) is 0. The van der Waals surface area contributed by atoms with Gasteiger partial charge in [-0.05, 0) is 31.0 Å². The summed E-state index contributed by atoms with van der Waals surface area (Å²) in [5.74, 6) is -8.10. The van der Waals surface area contributed by atoms with E-state index in [9.17, 15) is 18.7 Å². The van der Waals surface area contributed by atoms with Crippen LogP contribution in [0.15, 0.2) is 30.5 Å². The van der Waals surface area contributed by atoms with Crippen molar-refractivity contribution in [2.75, 3.05) is 13.2 Å². The normalized spacial score (nSPS) is 15.5. The van der Waals surface area contributed by atoms with E-state index in [0.717, 1.165) is 12.1 Å². The molecule has 4 heterocycles. The predicted molar refractivity (Wildman–Crippen MR) is 110 cm³/mol. The first-order valence-electron chi connectivity index (χ1n) is 10.3. The van der Waals surface area contributed by atoms with E-state index in [-0.39, 0.29) is 28.1 Å². The number of hydrogen-bond acceptors (Lipinski definition) is 4. The van der Waals surface area contributed by atoms with Gasteiger partial charge < -0.3 is 14.4 Å². The fourth-order valence-corrected chi connectivity index (χ4v) is 4.48. The summed E-state index contributed by atoms with van der Waals surface area (Å²) in [5.41, 5.74) is 0.0608. The van der Waals surface area contributed by atoms with Gasteiger partial charge in [-0.2, -0.15) is 5.10 Å². The van der Waals surface area contributed by atoms with Crippen LogP contribution in [0.4, 0.5) is 17.6 Å². The lowest BCUT2D eigenvalue weighted by Crippen LogP contribution is -2.24. The van der Waals surface area contributed by atoms with Crippen LogP contribution in [-0.2, 0) is 15.5 Å². The van der Waals surface area contributed by atoms with Gasteiger partial charge in [0.2, 0.25) is 0 Å². The number of benzene rings is 1. The Hall–Kier alpha value is -3.47. The first kappa shape index (κ1) is 21.4. The largest absolute Gasteiger partial charge is 0.481 e. The van der Waals surface area contributed by atoms with Crippen LogP contribution in [0, 0.1) is 11.6 Å². The molecule has 0 bridgehead atoms. The van der Waals surface area contributed by atoms with Gasteiger partial charge in [-0.25, -0.2) is 22.5 Å². The molecule has 2 N–H and O–H groups in total. The van der Waals surface area contributed by atoms with Gasteiger partial charge in [0.1, 0.15) is 11.9 Å². The number of H-pyrrole nitrogens is 1. The monoisotopic (exact) mass is 462 g/mol. The van der Waals surface area contributed by atoms with Crippen LogP contribution in [0.3, 0.4) is 0 Å². The zero-order chi connectivity index (χ0) is 23.3. The Bertz CT molecular complexity index is 1380. The Labute approximate surface area is 184 Å². The molecule has 1 fully saturated rings. The molecular weight excluding hydrogens is 444 g/mol. The molecule has 0 atom stereocenters. The number of rotatable bonds is 5. The van der Waals surface area contributed by atoms with Crippen LogP contribution in [0.1, 0.15) is 36.4 Å². The lowest BCUT2D eigenvalue weighted by molar-refractivity contribution is -0.145. The number of hydrogen-bond donors (Lipinski definition) is 2. The topological polar surface area (TPSA) is 93.0 Å². The predicted octanol–water partition coefficient (Wildman–Crippen LogP) is 4.64. The molecule has 172 valence electrons. The number of carboxylic acid groups (broad SMARTS) is 1. The van der Waals surface area contributed by atoms with Gasteiger partial charge in [0.05, 0.1) is 17.3 Å². The number of alkyl halides is 2. The van der Waals surface area contributed by atoms with E-state index in [1.807, 2.05) is 0 Å². The number of aromatic nitrogens is 4. The molecule has 0 radical (unpaired) electrons. The molecule has 7 nitrogen and oxygen atoms in total. The van der Waals surface area contributed by atoms with Crippen molar-refractivity contribution >= 4 is 28.0 Å². The molecule has 0 spiro atoms. The highest BCUT2D eigenvalue weighted by Gasteiger charge is 2.43. The minimum atomic E-state index is -3.78. The maximum atomic E-state index is 15.5. The molecule has 0 saturated carbocycles. The SMILES string of the molecule is O=C(O)CC(F)(F)c1c(C2CCOCC2)n(-c2ccc(F)c(F)c2)c2cc3cn[nH]c3nc12. The van der Waals surface area contributed by atoms with Crippen LogP contribution in [0.5, 0.6) is 0 Å². The molecule has 1 aliphatic heterocycles. The van der Waals surface area contributed by atoms with Crippen LogP contribution in [0.25, 0.3) is 27.8 Å². The Balaban J connectivity index is 1.91. The van der Waals surface area contributed by atoms with Gasteiger partial charge in [0, 0.05) is 42.0 Å². The Morgan fingerprint density at radius 1 is 1.21 bits per heavy atom. The van der Waals surface area contributed by atoms with Gasteiger partial charge in [0.15, 0.2) is 17.3 Å². The van der Waals surface area contributed by atoms with Crippen molar-refractivity contribution in [3.63, 3.8) is 0 Å². The second-order valence-corrected chi connectivity index (χ2v) is 8.02. The van der Waals surface area contributed by atoms with E-state index in [4.69, 9.17) is 4.74 Å².